The first-order valence-electron chi connectivity index (χ1n) is 8.60. The second-order valence-corrected chi connectivity index (χ2v) is 9.34. The number of unbranched alkanes of at least 4 members (excludes halogenated alkanes) is 6. The summed E-state index contributed by atoms with van der Waals surface area (Å²) in [5, 5.41) is 0. The lowest BCUT2D eigenvalue weighted by molar-refractivity contribution is -0.0510. The lowest BCUT2D eigenvalue weighted by Gasteiger charge is -2.39. The van der Waals surface area contributed by atoms with Gasteiger partial charge in [-0.25, -0.2) is 0 Å². The Hall–Kier alpha value is -0.300. The van der Waals surface area contributed by atoms with Gasteiger partial charge in [0.1, 0.15) is 0 Å². The van der Waals surface area contributed by atoms with Crippen molar-refractivity contribution in [1.29, 1.82) is 0 Å². The van der Waals surface area contributed by atoms with Crippen molar-refractivity contribution in [2.75, 3.05) is 0 Å². The molecule has 0 spiro atoms. The summed E-state index contributed by atoms with van der Waals surface area (Å²) in [5.41, 5.74) is -4.61. The van der Waals surface area contributed by atoms with Crippen molar-refractivity contribution in [3.8, 4) is 0 Å². The molecule has 0 aliphatic carbocycles. The summed E-state index contributed by atoms with van der Waals surface area (Å²) in [4.78, 5) is 0. The summed E-state index contributed by atoms with van der Waals surface area (Å²) in [6.45, 7) is 14.2. The highest BCUT2D eigenvalue weighted by molar-refractivity contribution is 7.86. The van der Waals surface area contributed by atoms with E-state index in [4.69, 9.17) is 13.0 Å². The SMILES string of the molecule is CCCCCCCCCC(C)(C)C(C)(C)C.O=S(=O)(O)C(F)(F)F. The fraction of sp³-hybridized carbons (Fsp3) is 1.00. The molecule has 0 atom stereocenters. The quantitative estimate of drug-likeness (QED) is 0.295. The molecule has 1 N–H and O–H groups in total. The van der Waals surface area contributed by atoms with E-state index in [1.165, 1.54) is 51.4 Å². The molecule has 0 aliphatic rings. The molecular weight excluding hydrogens is 341 g/mol. The van der Waals surface area contributed by atoms with E-state index in [1.54, 1.807) is 0 Å². The highest BCUT2D eigenvalue weighted by Gasteiger charge is 2.44. The third kappa shape index (κ3) is 12.1. The molecule has 0 aliphatic heterocycles. The van der Waals surface area contributed by atoms with E-state index in [0.717, 1.165) is 0 Å². The molecular formula is C17H35F3O3S. The zero-order valence-corrected chi connectivity index (χ0v) is 16.8. The van der Waals surface area contributed by atoms with Gasteiger partial charge in [-0.1, -0.05) is 86.5 Å². The molecule has 0 unspecified atom stereocenters. The Kier molecular flexibility index (Phi) is 11.5. The average molecular weight is 377 g/mol. The molecule has 0 saturated heterocycles. The van der Waals surface area contributed by atoms with Crippen LogP contribution in [0.25, 0.3) is 0 Å². The Bertz CT molecular complexity index is 421. The maximum Gasteiger partial charge on any atom is 0.522 e. The minimum atomic E-state index is -5.84. The third-order valence-electron chi connectivity index (χ3n) is 4.73. The number of rotatable bonds is 8. The van der Waals surface area contributed by atoms with Crippen LogP contribution >= 0.6 is 0 Å². The van der Waals surface area contributed by atoms with Crippen LogP contribution in [-0.4, -0.2) is 18.5 Å². The van der Waals surface area contributed by atoms with Crippen LogP contribution in [0, 0.1) is 10.8 Å². The van der Waals surface area contributed by atoms with Gasteiger partial charge in [-0.3, -0.25) is 4.55 Å². The van der Waals surface area contributed by atoms with Gasteiger partial charge in [0.15, 0.2) is 0 Å². The van der Waals surface area contributed by atoms with Crippen LogP contribution in [0.3, 0.4) is 0 Å². The Morgan fingerprint density at radius 1 is 0.792 bits per heavy atom. The minimum absolute atomic E-state index is 0.440. The topological polar surface area (TPSA) is 54.4 Å². The first-order chi connectivity index (χ1) is 10.6. The van der Waals surface area contributed by atoms with Gasteiger partial charge in [-0.15, -0.1) is 0 Å². The first kappa shape index (κ1) is 25.9. The number of alkyl halides is 3. The molecule has 0 radical (unpaired) electrons. The zero-order chi connectivity index (χ0) is 19.7. The largest absolute Gasteiger partial charge is 0.522 e. The van der Waals surface area contributed by atoms with Gasteiger partial charge < -0.3 is 0 Å². The number of halogens is 3. The second-order valence-electron chi connectivity index (χ2n) is 7.93. The molecule has 3 nitrogen and oxygen atoms in total. The molecule has 7 heteroatoms. The fourth-order valence-corrected chi connectivity index (χ4v) is 1.90. The first-order valence-corrected chi connectivity index (χ1v) is 10.0. The van der Waals surface area contributed by atoms with Crippen molar-refractivity contribution in [3.05, 3.63) is 0 Å². The molecule has 0 fully saturated rings. The van der Waals surface area contributed by atoms with Gasteiger partial charge in [0.05, 0.1) is 0 Å². The lowest BCUT2D eigenvalue weighted by atomic mass is 9.67. The molecule has 0 saturated carbocycles. The van der Waals surface area contributed by atoms with Gasteiger partial charge in [0.25, 0.3) is 0 Å². The predicted molar refractivity (Wildman–Crippen MR) is 93.4 cm³/mol. The number of hydrogen-bond acceptors (Lipinski definition) is 2. The van der Waals surface area contributed by atoms with Crippen LogP contribution in [0.5, 0.6) is 0 Å². The normalized spacial score (nSPS) is 13.4. The smallest absolute Gasteiger partial charge is 0.279 e. The van der Waals surface area contributed by atoms with Crippen LogP contribution in [0.4, 0.5) is 13.2 Å². The molecule has 0 aromatic rings. The van der Waals surface area contributed by atoms with E-state index in [9.17, 15) is 13.2 Å². The van der Waals surface area contributed by atoms with Crippen LogP contribution in [-0.2, 0) is 10.1 Å². The van der Waals surface area contributed by atoms with E-state index >= 15 is 0 Å². The fourth-order valence-electron chi connectivity index (χ4n) is 1.90. The summed E-state index contributed by atoms with van der Waals surface area (Å²) in [7, 11) is -5.84. The molecule has 0 heterocycles. The standard InChI is InChI=1S/C16H34.CHF3O3S/c1-7-8-9-10-11-12-13-14-16(5,6)15(2,3)4;2-1(3,4)8(5,6)7/h7-14H2,1-6H3;(H,5,6,7). The molecule has 0 aromatic carbocycles. The molecule has 0 aromatic heterocycles. The third-order valence-corrected chi connectivity index (χ3v) is 5.31. The van der Waals surface area contributed by atoms with E-state index in [1.807, 2.05) is 0 Å². The van der Waals surface area contributed by atoms with Crippen molar-refractivity contribution in [2.24, 2.45) is 10.8 Å². The van der Waals surface area contributed by atoms with E-state index in [-0.39, 0.29) is 0 Å². The number of hydrogen-bond donors (Lipinski definition) is 1. The Morgan fingerprint density at radius 3 is 1.42 bits per heavy atom. The molecule has 24 heavy (non-hydrogen) atoms. The van der Waals surface area contributed by atoms with Crippen LogP contribution in [0.1, 0.15) is 92.9 Å². The Balaban J connectivity index is 0. The summed E-state index contributed by atoms with van der Waals surface area (Å²) in [6.07, 6.45) is 11.3. The minimum Gasteiger partial charge on any atom is -0.279 e. The van der Waals surface area contributed by atoms with Crippen molar-refractivity contribution in [2.45, 2.75) is 98.4 Å². The van der Waals surface area contributed by atoms with Gasteiger partial charge in [0.2, 0.25) is 0 Å². The van der Waals surface area contributed by atoms with Crippen LogP contribution < -0.4 is 0 Å². The summed E-state index contributed by atoms with van der Waals surface area (Å²) in [6, 6.07) is 0. The van der Waals surface area contributed by atoms with Crippen LogP contribution in [0.2, 0.25) is 0 Å². The van der Waals surface area contributed by atoms with Gasteiger partial charge in [-0.05, 0) is 17.3 Å². The lowest BCUT2D eigenvalue weighted by Crippen LogP contribution is -2.29. The molecule has 148 valence electrons. The van der Waals surface area contributed by atoms with E-state index < -0.39 is 15.6 Å². The van der Waals surface area contributed by atoms with Gasteiger partial charge in [0, 0.05) is 0 Å². The highest BCUT2D eigenvalue weighted by atomic mass is 32.2. The van der Waals surface area contributed by atoms with Crippen LogP contribution in [0.15, 0.2) is 0 Å². The maximum absolute atomic E-state index is 10.7. The molecule has 0 amide bonds. The van der Waals surface area contributed by atoms with Crippen molar-refractivity contribution in [1.82, 2.24) is 0 Å². The van der Waals surface area contributed by atoms with Gasteiger partial charge in [-0.2, -0.15) is 21.6 Å². The summed E-state index contributed by atoms with van der Waals surface area (Å²) in [5.74, 6) is 0. The zero-order valence-electron chi connectivity index (χ0n) is 16.0. The molecule has 0 bridgehead atoms. The Labute approximate surface area is 146 Å². The predicted octanol–water partition coefficient (Wildman–Crippen LogP) is 6.59. The van der Waals surface area contributed by atoms with E-state index in [0.29, 0.717) is 10.8 Å². The monoisotopic (exact) mass is 376 g/mol. The van der Waals surface area contributed by atoms with Crippen molar-refractivity contribution < 1.29 is 26.1 Å². The maximum atomic E-state index is 10.7. The summed E-state index contributed by atoms with van der Waals surface area (Å²) < 4.78 is 57.5. The summed E-state index contributed by atoms with van der Waals surface area (Å²) >= 11 is 0. The molecule has 0 rings (SSSR count). The average Bonchev–Trinajstić information content (AvgIpc) is 2.34. The van der Waals surface area contributed by atoms with Gasteiger partial charge >= 0.3 is 15.6 Å². The second kappa shape index (κ2) is 10.6. The Morgan fingerprint density at radius 2 is 1.12 bits per heavy atom. The van der Waals surface area contributed by atoms with Crippen molar-refractivity contribution >= 4 is 10.1 Å². The highest BCUT2D eigenvalue weighted by Crippen LogP contribution is 2.41. The van der Waals surface area contributed by atoms with E-state index in [2.05, 4.69) is 41.5 Å². The van der Waals surface area contributed by atoms with Crippen molar-refractivity contribution in [3.63, 3.8) is 0 Å².